The van der Waals surface area contributed by atoms with Gasteiger partial charge in [0, 0.05) is 24.9 Å². The van der Waals surface area contributed by atoms with Crippen LogP contribution in [0, 0.1) is 37.3 Å². The molecule has 2 heterocycles. The summed E-state index contributed by atoms with van der Waals surface area (Å²) >= 11 is 0. The minimum atomic E-state index is -0.308. The quantitative estimate of drug-likeness (QED) is 0.714. The van der Waals surface area contributed by atoms with Crippen molar-refractivity contribution in [3.63, 3.8) is 0 Å². The van der Waals surface area contributed by atoms with Gasteiger partial charge in [-0.2, -0.15) is 0 Å². The highest BCUT2D eigenvalue weighted by Gasteiger charge is 2.41. The smallest absolute Gasteiger partial charge is 0.142 e. The van der Waals surface area contributed by atoms with Gasteiger partial charge in [-0.1, -0.05) is 24.3 Å². The van der Waals surface area contributed by atoms with Crippen molar-refractivity contribution in [2.45, 2.75) is 38.5 Å². The molecule has 0 radical (unpaired) electrons. The van der Waals surface area contributed by atoms with Crippen molar-refractivity contribution in [1.29, 1.82) is 0 Å². The Morgan fingerprint density at radius 1 is 0.806 bits per heavy atom. The molecule has 2 aliphatic heterocycles. The molecule has 0 spiro atoms. The molecule has 0 aliphatic carbocycles. The molecule has 2 fully saturated rings. The zero-order valence-corrected chi connectivity index (χ0v) is 18.9. The molecule has 31 heavy (non-hydrogen) atoms. The summed E-state index contributed by atoms with van der Waals surface area (Å²) in [7, 11) is 0. The number of benzene rings is 2. The lowest BCUT2D eigenvalue weighted by atomic mass is 9.70. The lowest BCUT2D eigenvalue weighted by Gasteiger charge is -2.38. The van der Waals surface area contributed by atoms with Crippen molar-refractivity contribution in [1.82, 2.24) is 10.6 Å². The van der Waals surface area contributed by atoms with Crippen molar-refractivity contribution < 1.29 is 13.6 Å². The zero-order valence-electron chi connectivity index (χ0n) is 18.1. The fourth-order valence-corrected chi connectivity index (χ4v) is 5.20. The molecule has 6 heteroatoms. The van der Waals surface area contributed by atoms with Gasteiger partial charge >= 0.3 is 0 Å². The maximum Gasteiger partial charge on any atom is 0.142 e. The lowest BCUT2D eigenvalue weighted by molar-refractivity contribution is -0.129. The van der Waals surface area contributed by atoms with Gasteiger partial charge in [0.15, 0.2) is 0 Å². The predicted molar refractivity (Wildman–Crippen MR) is 122 cm³/mol. The maximum atomic E-state index is 14.8. The van der Waals surface area contributed by atoms with E-state index in [9.17, 15) is 13.6 Å². The van der Waals surface area contributed by atoms with Gasteiger partial charge in [0.25, 0.3) is 0 Å². The maximum absolute atomic E-state index is 14.8. The van der Waals surface area contributed by atoms with Gasteiger partial charge in [0.1, 0.15) is 17.4 Å². The van der Waals surface area contributed by atoms with E-state index in [1.807, 2.05) is 38.1 Å². The molecule has 0 amide bonds. The van der Waals surface area contributed by atoms with E-state index >= 15 is 0 Å². The number of aryl methyl sites for hydroxylation is 2. The number of hydrogen-bond donors (Lipinski definition) is 2. The van der Waals surface area contributed by atoms with Gasteiger partial charge in [-0.25, -0.2) is 8.78 Å². The molecule has 2 aromatic carbocycles. The van der Waals surface area contributed by atoms with Gasteiger partial charge < -0.3 is 10.6 Å². The number of carbonyl (C=O) groups excluding carboxylic acids is 1. The molecule has 2 saturated heterocycles. The lowest BCUT2D eigenvalue weighted by Crippen LogP contribution is -2.47. The first-order chi connectivity index (χ1) is 14.5. The largest absolute Gasteiger partial charge is 0.316 e. The van der Waals surface area contributed by atoms with E-state index in [1.165, 1.54) is 0 Å². The SMILES string of the molecule is Cc1ccc(C2CCNCC2C(=O)C2CNCCC2c2ccc(C)cc2F)c(F)c1.Cl. The number of ketones is 1. The normalized spacial score (nSPS) is 26.2. The van der Waals surface area contributed by atoms with Crippen LogP contribution in [0.5, 0.6) is 0 Å². The number of nitrogens with one attached hydrogen (secondary N) is 2. The summed E-state index contributed by atoms with van der Waals surface area (Å²) in [4.78, 5) is 13.8. The molecule has 4 rings (SSSR count). The topological polar surface area (TPSA) is 41.1 Å². The molecular formula is C25H31ClF2N2O. The monoisotopic (exact) mass is 448 g/mol. The van der Waals surface area contributed by atoms with Crippen LogP contribution < -0.4 is 10.6 Å². The fourth-order valence-electron chi connectivity index (χ4n) is 5.20. The zero-order chi connectivity index (χ0) is 21.3. The number of halogens is 3. The Morgan fingerprint density at radius 2 is 1.23 bits per heavy atom. The molecule has 0 aromatic heterocycles. The Balaban J connectivity index is 0.00000272. The van der Waals surface area contributed by atoms with E-state index in [0.717, 1.165) is 37.1 Å². The van der Waals surface area contributed by atoms with E-state index in [1.54, 1.807) is 12.1 Å². The summed E-state index contributed by atoms with van der Waals surface area (Å²) in [6.07, 6.45) is 1.44. The third-order valence-electron chi connectivity index (χ3n) is 6.81. The Kier molecular flexibility index (Phi) is 7.84. The highest BCUT2D eigenvalue weighted by Crippen LogP contribution is 2.39. The molecule has 4 atom stereocenters. The molecule has 2 aromatic rings. The minimum absolute atomic E-state index is 0. The van der Waals surface area contributed by atoms with E-state index in [-0.39, 0.29) is 53.5 Å². The molecular weight excluding hydrogens is 418 g/mol. The molecule has 2 aliphatic rings. The average molecular weight is 449 g/mol. The van der Waals surface area contributed by atoms with Crippen LogP contribution in [0.25, 0.3) is 0 Å². The fraction of sp³-hybridized carbons (Fsp3) is 0.480. The summed E-state index contributed by atoms with van der Waals surface area (Å²) in [5, 5.41) is 6.64. The molecule has 0 bridgehead atoms. The van der Waals surface area contributed by atoms with Gasteiger partial charge in [0.2, 0.25) is 0 Å². The second-order valence-electron chi connectivity index (χ2n) is 8.86. The molecule has 2 N–H and O–H groups in total. The second-order valence-corrected chi connectivity index (χ2v) is 8.86. The second kappa shape index (κ2) is 10.2. The summed E-state index contributed by atoms with van der Waals surface area (Å²) in [5.41, 5.74) is 3.00. The first kappa shape index (κ1) is 23.8. The molecule has 168 valence electrons. The van der Waals surface area contributed by atoms with Crippen LogP contribution in [0.1, 0.15) is 46.9 Å². The van der Waals surface area contributed by atoms with E-state index < -0.39 is 0 Å². The van der Waals surface area contributed by atoms with Crippen LogP contribution in [0.3, 0.4) is 0 Å². The standard InChI is InChI=1S/C25H30F2N2O.ClH/c1-15-3-5-19(23(26)11-15)17-7-9-28-13-21(17)25(30)22-14-29-10-8-18(22)20-6-4-16(2)12-24(20)27;/h3-6,11-12,17-18,21-22,28-29H,7-10,13-14H2,1-2H3;1H. The Bertz CT molecular complexity index is 862. The Morgan fingerprint density at radius 3 is 1.61 bits per heavy atom. The van der Waals surface area contributed by atoms with Gasteiger partial charge in [0.05, 0.1) is 0 Å². The third kappa shape index (κ3) is 5.00. The van der Waals surface area contributed by atoms with Gasteiger partial charge in [-0.05, 0) is 86.0 Å². The van der Waals surface area contributed by atoms with Crippen LogP contribution in [0.4, 0.5) is 8.78 Å². The van der Waals surface area contributed by atoms with Crippen molar-refractivity contribution >= 4 is 18.2 Å². The van der Waals surface area contributed by atoms with Crippen LogP contribution >= 0.6 is 12.4 Å². The van der Waals surface area contributed by atoms with Crippen molar-refractivity contribution in [2.24, 2.45) is 11.8 Å². The highest BCUT2D eigenvalue weighted by atomic mass is 35.5. The number of hydrogen-bond acceptors (Lipinski definition) is 3. The van der Waals surface area contributed by atoms with E-state index in [2.05, 4.69) is 10.6 Å². The van der Waals surface area contributed by atoms with E-state index in [4.69, 9.17) is 0 Å². The highest BCUT2D eigenvalue weighted by molar-refractivity contribution is 5.86. The predicted octanol–water partition coefficient (Wildman–Crippen LogP) is 4.66. The summed E-state index contributed by atoms with van der Waals surface area (Å²) in [5.74, 6) is -1.27. The number of piperidine rings is 2. The van der Waals surface area contributed by atoms with Crippen molar-refractivity contribution in [2.75, 3.05) is 26.2 Å². The summed E-state index contributed by atoms with van der Waals surface area (Å²) < 4.78 is 29.5. The van der Waals surface area contributed by atoms with Crippen LogP contribution in [-0.2, 0) is 4.79 Å². The Labute approximate surface area is 189 Å². The first-order valence-electron chi connectivity index (χ1n) is 10.9. The molecule has 0 saturated carbocycles. The summed E-state index contributed by atoms with van der Waals surface area (Å²) in [6.45, 7) is 6.34. The Hall–Kier alpha value is -1.82. The number of rotatable bonds is 4. The minimum Gasteiger partial charge on any atom is -0.316 e. The van der Waals surface area contributed by atoms with E-state index in [0.29, 0.717) is 24.2 Å². The van der Waals surface area contributed by atoms with Crippen molar-refractivity contribution in [3.05, 3.63) is 70.3 Å². The molecule has 3 nitrogen and oxygen atoms in total. The first-order valence-corrected chi connectivity index (χ1v) is 10.9. The van der Waals surface area contributed by atoms with Crippen molar-refractivity contribution in [3.8, 4) is 0 Å². The van der Waals surface area contributed by atoms with Crippen LogP contribution in [0.15, 0.2) is 36.4 Å². The number of Topliss-reactive ketones (excluding diaryl/α,β-unsaturated/α-hetero) is 1. The average Bonchev–Trinajstić information content (AvgIpc) is 2.73. The third-order valence-corrected chi connectivity index (χ3v) is 6.81. The number of carbonyl (C=O) groups is 1. The van der Waals surface area contributed by atoms with Gasteiger partial charge in [-0.3, -0.25) is 4.79 Å². The molecule has 4 unspecified atom stereocenters. The van der Waals surface area contributed by atoms with Crippen LogP contribution in [-0.4, -0.2) is 32.0 Å². The summed E-state index contributed by atoms with van der Waals surface area (Å²) in [6, 6.07) is 10.6. The van der Waals surface area contributed by atoms with Gasteiger partial charge in [-0.15, -0.1) is 12.4 Å². The van der Waals surface area contributed by atoms with Crippen LogP contribution in [0.2, 0.25) is 0 Å².